The van der Waals surface area contributed by atoms with Crippen LogP contribution in [0, 0.1) is 5.92 Å². The van der Waals surface area contributed by atoms with Crippen LogP contribution in [0.2, 0.25) is 0 Å². The molecule has 2 aliphatic rings. The molecule has 4 rings (SSSR count). The van der Waals surface area contributed by atoms with Gasteiger partial charge in [0.2, 0.25) is 12.7 Å². The van der Waals surface area contributed by atoms with E-state index in [0.29, 0.717) is 18.9 Å². The Bertz CT molecular complexity index is 763. The lowest BCUT2D eigenvalue weighted by molar-refractivity contribution is -0.141. The van der Waals surface area contributed by atoms with Crippen LogP contribution < -0.4 is 14.4 Å². The van der Waals surface area contributed by atoms with Gasteiger partial charge in [0.15, 0.2) is 11.5 Å². The van der Waals surface area contributed by atoms with Crippen LogP contribution in [0.5, 0.6) is 11.5 Å². The van der Waals surface area contributed by atoms with Crippen molar-refractivity contribution < 1.29 is 19.4 Å². The molecule has 0 unspecified atom stereocenters. The average molecular weight is 327 g/mol. The number of fused-ring (bicyclic) bond motifs is 1. The Morgan fingerprint density at radius 3 is 2.75 bits per heavy atom. The number of carboxylic acid groups (broad SMARTS) is 1. The lowest BCUT2D eigenvalue weighted by atomic mass is 9.99. The minimum atomic E-state index is -0.753. The van der Waals surface area contributed by atoms with Gasteiger partial charge in [0.1, 0.15) is 0 Å². The second-order valence-electron chi connectivity index (χ2n) is 5.96. The van der Waals surface area contributed by atoms with Crippen molar-refractivity contribution in [2.45, 2.75) is 12.8 Å². The minimum Gasteiger partial charge on any atom is -0.481 e. The highest BCUT2D eigenvalue weighted by atomic mass is 16.7. The van der Waals surface area contributed by atoms with Crippen LogP contribution in [0.1, 0.15) is 12.8 Å². The molecule has 0 aliphatic carbocycles. The third-order valence-electron chi connectivity index (χ3n) is 4.40. The molecule has 1 saturated heterocycles. The number of aromatic nitrogens is 2. The summed E-state index contributed by atoms with van der Waals surface area (Å²) in [7, 11) is 0. The van der Waals surface area contributed by atoms with E-state index in [1.807, 2.05) is 23.1 Å². The van der Waals surface area contributed by atoms with Crippen LogP contribution in [0.4, 0.5) is 5.95 Å². The molecule has 1 atom stereocenters. The average Bonchev–Trinajstić information content (AvgIpc) is 3.09. The van der Waals surface area contributed by atoms with E-state index >= 15 is 0 Å². The fourth-order valence-corrected chi connectivity index (χ4v) is 3.07. The number of piperidine rings is 1. The second-order valence-corrected chi connectivity index (χ2v) is 5.96. The molecule has 0 radical (unpaired) electrons. The molecule has 7 nitrogen and oxygen atoms in total. The summed E-state index contributed by atoms with van der Waals surface area (Å²) in [5.74, 6) is 0.930. The van der Waals surface area contributed by atoms with Crippen molar-refractivity contribution in [3.63, 3.8) is 0 Å². The van der Waals surface area contributed by atoms with Gasteiger partial charge in [-0.2, -0.15) is 0 Å². The van der Waals surface area contributed by atoms with Gasteiger partial charge < -0.3 is 19.5 Å². The number of carboxylic acids is 1. The van der Waals surface area contributed by atoms with Gasteiger partial charge >= 0.3 is 5.97 Å². The van der Waals surface area contributed by atoms with E-state index in [0.717, 1.165) is 35.6 Å². The van der Waals surface area contributed by atoms with Crippen molar-refractivity contribution in [2.75, 3.05) is 24.8 Å². The molecule has 1 aromatic carbocycles. The molecule has 0 amide bonds. The largest absolute Gasteiger partial charge is 0.481 e. The van der Waals surface area contributed by atoms with E-state index in [1.165, 1.54) is 0 Å². The van der Waals surface area contributed by atoms with Gasteiger partial charge in [-0.25, -0.2) is 9.97 Å². The Hall–Kier alpha value is -2.83. The molecule has 1 aromatic heterocycles. The fourth-order valence-electron chi connectivity index (χ4n) is 3.07. The monoisotopic (exact) mass is 327 g/mol. The maximum atomic E-state index is 11.2. The SMILES string of the molecule is O=C(O)[C@@H]1CCCN(c2ncc(-c3ccc4c(c3)OCO4)cn2)C1. The number of hydrogen-bond donors (Lipinski definition) is 1. The van der Waals surface area contributed by atoms with Crippen LogP contribution in [0.25, 0.3) is 11.1 Å². The van der Waals surface area contributed by atoms with Crippen LogP contribution in [0.3, 0.4) is 0 Å². The van der Waals surface area contributed by atoms with Gasteiger partial charge in [-0.15, -0.1) is 0 Å². The summed E-state index contributed by atoms with van der Waals surface area (Å²) < 4.78 is 10.7. The summed E-state index contributed by atoms with van der Waals surface area (Å²) >= 11 is 0. The molecule has 2 aliphatic heterocycles. The number of nitrogens with zero attached hydrogens (tertiary/aromatic N) is 3. The lowest BCUT2D eigenvalue weighted by Gasteiger charge is -2.30. The zero-order valence-electron chi connectivity index (χ0n) is 13.0. The molecule has 0 bridgehead atoms. The highest BCUT2D eigenvalue weighted by Gasteiger charge is 2.26. The highest BCUT2D eigenvalue weighted by Crippen LogP contribution is 2.35. The molecule has 2 aromatic rings. The summed E-state index contributed by atoms with van der Waals surface area (Å²) in [6, 6.07) is 5.71. The van der Waals surface area contributed by atoms with Gasteiger partial charge in [0.25, 0.3) is 0 Å². The smallest absolute Gasteiger partial charge is 0.308 e. The normalized spacial score (nSPS) is 19.3. The molecule has 124 valence electrons. The summed E-state index contributed by atoms with van der Waals surface area (Å²) in [4.78, 5) is 21.9. The van der Waals surface area contributed by atoms with E-state index in [9.17, 15) is 9.90 Å². The van der Waals surface area contributed by atoms with Gasteiger partial charge in [-0.3, -0.25) is 4.79 Å². The number of rotatable bonds is 3. The summed E-state index contributed by atoms with van der Waals surface area (Å²) in [5, 5.41) is 9.18. The van der Waals surface area contributed by atoms with E-state index in [4.69, 9.17) is 9.47 Å². The minimum absolute atomic E-state index is 0.244. The number of carbonyl (C=O) groups is 1. The molecule has 3 heterocycles. The quantitative estimate of drug-likeness (QED) is 0.924. The third-order valence-corrected chi connectivity index (χ3v) is 4.40. The van der Waals surface area contributed by atoms with E-state index in [1.54, 1.807) is 12.4 Å². The Morgan fingerprint density at radius 1 is 1.17 bits per heavy atom. The van der Waals surface area contributed by atoms with Crippen molar-refractivity contribution in [1.82, 2.24) is 9.97 Å². The van der Waals surface area contributed by atoms with Gasteiger partial charge in [0, 0.05) is 31.0 Å². The predicted molar refractivity (Wildman–Crippen MR) is 86.2 cm³/mol. The number of benzene rings is 1. The maximum absolute atomic E-state index is 11.2. The van der Waals surface area contributed by atoms with Crippen LogP contribution in [-0.4, -0.2) is 40.9 Å². The van der Waals surface area contributed by atoms with Crippen molar-refractivity contribution in [3.8, 4) is 22.6 Å². The molecular weight excluding hydrogens is 310 g/mol. The van der Waals surface area contributed by atoms with Gasteiger partial charge in [-0.1, -0.05) is 6.07 Å². The Labute approximate surface area is 138 Å². The number of anilines is 1. The summed E-state index contributed by atoms with van der Waals surface area (Å²) in [5.41, 5.74) is 1.83. The maximum Gasteiger partial charge on any atom is 0.308 e. The molecule has 1 fully saturated rings. The molecule has 7 heteroatoms. The van der Waals surface area contributed by atoms with Crippen molar-refractivity contribution in [1.29, 1.82) is 0 Å². The van der Waals surface area contributed by atoms with Gasteiger partial charge in [-0.05, 0) is 30.5 Å². The van der Waals surface area contributed by atoms with Crippen LogP contribution in [-0.2, 0) is 4.79 Å². The Balaban J connectivity index is 1.53. The first-order chi connectivity index (χ1) is 11.7. The summed E-state index contributed by atoms with van der Waals surface area (Å²) in [6.45, 7) is 1.49. The standard InChI is InChI=1S/C17H17N3O4/c21-16(22)12-2-1-5-20(9-12)17-18-7-13(8-19-17)11-3-4-14-15(6-11)24-10-23-14/h3-4,6-8,12H,1-2,5,9-10H2,(H,21,22)/t12-/m1/s1. The van der Waals surface area contributed by atoms with Crippen molar-refractivity contribution >= 4 is 11.9 Å². The number of hydrogen-bond acceptors (Lipinski definition) is 6. The molecular formula is C17H17N3O4. The number of aliphatic carboxylic acids is 1. The lowest BCUT2D eigenvalue weighted by Crippen LogP contribution is -2.39. The van der Waals surface area contributed by atoms with E-state index < -0.39 is 5.97 Å². The van der Waals surface area contributed by atoms with Crippen molar-refractivity contribution in [2.24, 2.45) is 5.92 Å². The highest BCUT2D eigenvalue weighted by molar-refractivity contribution is 5.71. The number of ether oxygens (including phenoxy) is 2. The molecule has 24 heavy (non-hydrogen) atoms. The Morgan fingerprint density at radius 2 is 1.96 bits per heavy atom. The molecule has 0 saturated carbocycles. The molecule has 0 spiro atoms. The van der Waals surface area contributed by atoms with Crippen molar-refractivity contribution in [3.05, 3.63) is 30.6 Å². The third kappa shape index (κ3) is 2.73. The first kappa shape index (κ1) is 14.7. The Kier molecular flexibility index (Phi) is 3.68. The summed E-state index contributed by atoms with van der Waals surface area (Å²) in [6.07, 6.45) is 5.06. The topological polar surface area (TPSA) is 84.8 Å². The first-order valence-electron chi connectivity index (χ1n) is 7.90. The van der Waals surface area contributed by atoms with Gasteiger partial charge in [0.05, 0.1) is 5.92 Å². The predicted octanol–water partition coefficient (Wildman–Crippen LogP) is 2.17. The van der Waals surface area contributed by atoms with E-state index in [-0.39, 0.29) is 12.7 Å². The van der Waals surface area contributed by atoms with Crippen LogP contribution in [0.15, 0.2) is 30.6 Å². The zero-order valence-corrected chi connectivity index (χ0v) is 13.0. The first-order valence-corrected chi connectivity index (χ1v) is 7.90. The zero-order chi connectivity index (χ0) is 16.5. The second kappa shape index (κ2) is 5.99. The van der Waals surface area contributed by atoms with Crippen LogP contribution >= 0.6 is 0 Å². The van der Waals surface area contributed by atoms with E-state index in [2.05, 4.69) is 9.97 Å². The molecule has 1 N–H and O–H groups in total. The fraction of sp³-hybridized carbons (Fsp3) is 0.353.